The Hall–Kier alpha value is -0.570. The third-order valence-corrected chi connectivity index (χ3v) is 5.80. The molecule has 1 saturated carbocycles. The zero-order valence-electron chi connectivity index (χ0n) is 16.9. The molecule has 2 fully saturated rings. The fourth-order valence-electron chi connectivity index (χ4n) is 4.16. The van der Waals surface area contributed by atoms with Crippen LogP contribution < -0.4 is 5.32 Å². The van der Waals surface area contributed by atoms with Gasteiger partial charge in [0.05, 0.1) is 13.0 Å². The monoisotopic (exact) mass is 480 g/mol. The molecule has 1 saturated heterocycles. The molecule has 2 rings (SSSR count). The Bertz CT molecular complexity index is 455. The number of guanidine groups is 1. The van der Waals surface area contributed by atoms with Crippen molar-refractivity contribution in [2.75, 3.05) is 47.4 Å². The topological polar surface area (TPSA) is 57.2 Å². The number of carbonyl (C=O) groups is 1. The molecule has 0 amide bonds. The quantitative estimate of drug-likeness (QED) is 0.208. The maximum Gasteiger partial charge on any atom is 0.310 e. The maximum absolute atomic E-state index is 11.9. The molecule has 0 spiro atoms. The minimum Gasteiger partial charge on any atom is -0.469 e. The summed E-state index contributed by atoms with van der Waals surface area (Å²) in [5, 5.41) is 3.46. The lowest BCUT2D eigenvalue weighted by Gasteiger charge is -2.31. The summed E-state index contributed by atoms with van der Waals surface area (Å²) in [5.74, 6) is 1.03. The minimum atomic E-state index is -0.112. The average Bonchev–Trinajstić information content (AvgIpc) is 3.03. The van der Waals surface area contributed by atoms with Crippen LogP contribution in [0.4, 0.5) is 0 Å². The average molecular weight is 480 g/mol. The van der Waals surface area contributed by atoms with Gasteiger partial charge in [0.1, 0.15) is 0 Å². The van der Waals surface area contributed by atoms with Crippen molar-refractivity contribution in [1.29, 1.82) is 0 Å². The van der Waals surface area contributed by atoms with E-state index in [4.69, 9.17) is 4.74 Å². The van der Waals surface area contributed by atoms with E-state index < -0.39 is 0 Å². The highest BCUT2D eigenvalue weighted by Gasteiger charge is 2.36. The fourth-order valence-corrected chi connectivity index (χ4v) is 4.16. The number of hydrogen-bond donors (Lipinski definition) is 1. The van der Waals surface area contributed by atoms with E-state index in [-0.39, 0.29) is 35.9 Å². The van der Waals surface area contributed by atoms with Crippen molar-refractivity contribution in [3.8, 4) is 0 Å². The second kappa shape index (κ2) is 12.0. The number of rotatable bonds is 6. The Morgan fingerprint density at radius 3 is 2.58 bits per heavy atom. The van der Waals surface area contributed by atoms with Crippen LogP contribution in [0.2, 0.25) is 0 Å². The number of esters is 1. The van der Waals surface area contributed by atoms with Gasteiger partial charge < -0.3 is 19.9 Å². The molecule has 2 unspecified atom stereocenters. The Morgan fingerprint density at radius 2 is 1.96 bits per heavy atom. The molecule has 152 valence electrons. The summed E-state index contributed by atoms with van der Waals surface area (Å²) < 4.78 is 4.92. The van der Waals surface area contributed by atoms with Gasteiger partial charge in [0.2, 0.25) is 0 Å². The second-order valence-corrected chi connectivity index (χ2v) is 7.61. The van der Waals surface area contributed by atoms with Gasteiger partial charge in [0.25, 0.3) is 0 Å². The van der Waals surface area contributed by atoms with E-state index in [0.717, 1.165) is 38.1 Å². The number of hydrogen-bond acceptors (Lipinski definition) is 4. The predicted octanol–water partition coefficient (Wildman–Crippen LogP) is 2.58. The molecule has 0 aromatic carbocycles. The Morgan fingerprint density at radius 1 is 1.27 bits per heavy atom. The number of methoxy groups -OCH3 is 1. The highest BCUT2D eigenvalue weighted by molar-refractivity contribution is 14.0. The molecule has 0 aromatic heterocycles. The number of nitrogens with one attached hydrogen (secondary N) is 1. The van der Waals surface area contributed by atoms with Gasteiger partial charge in [-0.3, -0.25) is 9.79 Å². The van der Waals surface area contributed by atoms with Crippen LogP contribution in [0.3, 0.4) is 0 Å². The van der Waals surface area contributed by atoms with Gasteiger partial charge in [-0.05, 0) is 38.8 Å². The molecule has 1 heterocycles. The van der Waals surface area contributed by atoms with Crippen LogP contribution in [0, 0.1) is 11.8 Å². The predicted molar refractivity (Wildman–Crippen MR) is 117 cm³/mol. The smallest absolute Gasteiger partial charge is 0.310 e. The fraction of sp³-hybridized carbons (Fsp3) is 0.895. The van der Waals surface area contributed by atoms with E-state index in [1.165, 1.54) is 39.2 Å². The number of likely N-dealkylation sites (tertiary alicyclic amines) is 1. The molecule has 1 aliphatic heterocycles. The van der Waals surface area contributed by atoms with Gasteiger partial charge in [0.15, 0.2) is 5.96 Å². The molecule has 0 radical (unpaired) electrons. The van der Waals surface area contributed by atoms with E-state index in [1.54, 1.807) is 0 Å². The van der Waals surface area contributed by atoms with Crippen molar-refractivity contribution in [3.63, 3.8) is 0 Å². The summed E-state index contributed by atoms with van der Waals surface area (Å²) >= 11 is 0. The van der Waals surface area contributed by atoms with Crippen LogP contribution in [0.5, 0.6) is 0 Å². The minimum absolute atomic E-state index is 0. The SMILES string of the molecule is CN=C(NCCCN(C)C1CCCCC1)N1CC(C)C(C(=O)OC)C1.I. The Kier molecular flexibility index (Phi) is 10.8. The first-order chi connectivity index (χ1) is 12.1. The summed E-state index contributed by atoms with van der Waals surface area (Å²) in [5.41, 5.74) is 0. The summed E-state index contributed by atoms with van der Waals surface area (Å²) in [6, 6.07) is 0.772. The molecule has 6 nitrogen and oxygen atoms in total. The molecular formula is C19H37IN4O2. The van der Waals surface area contributed by atoms with Crippen molar-refractivity contribution >= 4 is 35.9 Å². The first-order valence-electron chi connectivity index (χ1n) is 9.80. The normalized spacial score (nSPS) is 24.5. The van der Waals surface area contributed by atoms with Crippen LogP contribution in [-0.2, 0) is 9.53 Å². The van der Waals surface area contributed by atoms with E-state index in [2.05, 4.69) is 34.1 Å². The van der Waals surface area contributed by atoms with E-state index >= 15 is 0 Å². The van der Waals surface area contributed by atoms with Gasteiger partial charge in [-0.15, -0.1) is 24.0 Å². The van der Waals surface area contributed by atoms with Crippen LogP contribution in [0.1, 0.15) is 45.4 Å². The molecule has 0 bridgehead atoms. The molecule has 1 aliphatic carbocycles. The maximum atomic E-state index is 11.9. The van der Waals surface area contributed by atoms with E-state index in [0.29, 0.717) is 12.5 Å². The Labute approximate surface area is 176 Å². The number of halogens is 1. The van der Waals surface area contributed by atoms with Crippen LogP contribution in [-0.4, -0.2) is 75.2 Å². The second-order valence-electron chi connectivity index (χ2n) is 7.61. The lowest BCUT2D eigenvalue weighted by molar-refractivity contribution is -0.145. The molecule has 2 atom stereocenters. The highest BCUT2D eigenvalue weighted by atomic mass is 127. The summed E-state index contributed by atoms with van der Waals surface area (Å²) in [6.07, 6.45) is 7.99. The number of ether oxygens (including phenoxy) is 1. The third-order valence-electron chi connectivity index (χ3n) is 5.80. The first kappa shape index (κ1) is 23.5. The first-order valence-corrected chi connectivity index (χ1v) is 9.80. The molecule has 7 heteroatoms. The Balaban J connectivity index is 0.00000338. The van der Waals surface area contributed by atoms with Crippen LogP contribution >= 0.6 is 24.0 Å². The van der Waals surface area contributed by atoms with Crippen molar-refractivity contribution in [2.45, 2.75) is 51.5 Å². The van der Waals surface area contributed by atoms with Crippen molar-refractivity contribution < 1.29 is 9.53 Å². The van der Waals surface area contributed by atoms with Crippen LogP contribution in [0.25, 0.3) is 0 Å². The highest BCUT2D eigenvalue weighted by Crippen LogP contribution is 2.24. The molecule has 2 aliphatic rings. The van der Waals surface area contributed by atoms with Crippen molar-refractivity contribution in [3.05, 3.63) is 0 Å². The van der Waals surface area contributed by atoms with Crippen LogP contribution in [0.15, 0.2) is 4.99 Å². The summed E-state index contributed by atoms with van der Waals surface area (Å²) in [6.45, 7) is 5.68. The zero-order chi connectivity index (χ0) is 18.2. The van der Waals surface area contributed by atoms with Gasteiger partial charge in [0, 0.05) is 32.7 Å². The van der Waals surface area contributed by atoms with Crippen molar-refractivity contribution in [2.24, 2.45) is 16.8 Å². The molecule has 26 heavy (non-hydrogen) atoms. The van der Waals surface area contributed by atoms with E-state index in [1.807, 2.05) is 7.05 Å². The molecular weight excluding hydrogens is 443 g/mol. The molecule has 0 aromatic rings. The number of carbonyl (C=O) groups excluding carboxylic acids is 1. The lowest BCUT2D eigenvalue weighted by atomic mass is 9.94. The molecule has 1 N–H and O–H groups in total. The van der Waals surface area contributed by atoms with Gasteiger partial charge in [-0.25, -0.2) is 0 Å². The summed E-state index contributed by atoms with van der Waals surface area (Å²) in [4.78, 5) is 20.9. The third kappa shape index (κ3) is 6.55. The van der Waals surface area contributed by atoms with Gasteiger partial charge in [-0.2, -0.15) is 0 Å². The van der Waals surface area contributed by atoms with Crippen molar-refractivity contribution in [1.82, 2.24) is 15.1 Å². The lowest BCUT2D eigenvalue weighted by Crippen LogP contribution is -2.42. The largest absolute Gasteiger partial charge is 0.469 e. The summed E-state index contributed by atoms with van der Waals surface area (Å²) in [7, 11) is 5.54. The standard InChI is InChI=1S/C19H36N4O2.HI/c1-15-13-23(14-17(15)18(24)25-4)19(20-2)21-11-8-12-22(3)16-9-6-5-7-10-16;/h15-17H,5-14H2,1-4H3,(H,20,21);1H. The zero-order valence-corrected chi connectivity index (χ0v) is 19.2. The number of nitrogens with zero attached hydrogens (tertiary/aromatic N) is 3. The van der Waals surface area contributed by atoms with Gasteiger partial charge in [-0.1, -0.05) is 26.2 Å². The van der Waals surface area contributed by atoms with Gasteiger partial charge >= 0.3 is 5.97 Å². The number of aliphatic imine (C=N–C) groups is 1. The van der Waals surface area contributed by atoms with E-state index in [9.17, 15) is 4.79 Å².